The Morgan fingerprint density at radius 2 is 1.24 bits per heavy atom. The summed E-state index contributed by atoms with van der Waals surface area (Å²) in [6.45, 7) is 7.80. The number of carbonyl (C=O) groups is 2. The topological polar surface area (TPSA) is 129 Å². The first-order valence-corrected chi connectivity index (χ1v) is 11.9. The van der Waals surface area contributed by atoms with Crippen LogP contribution >= 0.6 is 0 Å². The van der Waals surface area contributed by atoms with Crippen LogP contribution in [0.5, 0.6) is 0 Å². The predicted molar refractivity (Wildman–Crippen MR) is 116 cm³/mol. The first kappa shape index (κ1) is 31.7. The summed E-state index contributed by atoms with van der Waals surface area (Å²) in [5.74, 6) is -3.50. The Morgan fingerprint density at radius 1 is 0.862 bits per heavy atom. The summed E-state index contributed by atoms with van der Waals surface area (Å²) in [4.78, 5) is 24.3. The van der Waals surface area contributed by atoms with E-state index in [2.05, 4.69) is 0 Å². The van der Waals surface area contributed by atoms with E-state index in [1.165, 1.54) is 0 Å². The molecule has 0 aliphatic heterocycles. The summed E-state index contributed by atoms with van der Waals surface area (Å²) < 4.78 is 33.7. The van der Waals surface area contributed by atoms with E-state index in [1.54, 1.807) is 0 Å². The van der Waals surface area contributed by atoms with E-state index in [0.29, 0.717) is 25.7 Å². The Hall–Kier alpha value is 0.486. The van der Waals surface area contributed by atoms with E-state index in [4.69, 9.17) is 0 Å². The van der Waals surface area contributed by atoms with Crippen molar-refractivity contribution in [2.24, 2.45) is 17.3 Å². The molecule has 0 aliphatic rings. The van der Waals surface area contributed by atoms with Crippen LogP contribution < -0.4 is 0 Å². The molecule has 7 nitrogen and oxygen atoms in total. The van der Waals surface area contributed by atoms with Crippen molar-refractivity contribution in [3.8, 4) is 0 Å². The van der Waals surface area contributed by atoms with Crippen molar-refractivity contribution in [3.05, 3.63) is 0 Å². The van der Waals surface area contributed by atoms with Crippen LogP contribution in [0.4, 0.5) is 0 Å². The minimum absolute atomic E-state index is 0. The van der Waals surface area contributed by atoms with Gasteiger partial charge in [0.15, 0.2) is 5.25 Å². The molecular formula is C20H39KO7S. The van der Waals surface area contributed by atoms with Gasteiger partial charge in [-0.1, -0.05) is 79.1 Å². The van der Waals surface area contributed by atoms with Crippen molar-refractivity contribution in [2.75, 3.05) is 0 Å². The predicted octanol–water partition coefficient (Wildman–Crippen LogP) is 3.96. The molecule has 0 saturated carbocycles. The average Bonchev–Trinajstić information content (AvgIpc) is 2.59. The van der Waals surface area contributed by atoms with Crippen molar-refractivity contribution >= 4 is 73.4 Å². The van der Waals surface area contributed by atoms with Crippen molar-refractivity contribution in [1.82, 2.24) is 0 Å². The third kappa shape index (κ3) is 10.1. The quantitative estimate of drug-likeness (QED) is 0.234. The van der Waals surface area contributed by atoms with Crippen LogP contribution in [0.25, 0.3) is 0 Å². The van der Waals surface area contributed by atoms with Crippen LogP contribution in [0.2, 0.25) is 0 Å². The number of unbranched alkanes of at least 4 members (excludes halogenated alkanes) is 2. The summed E-state index contributed by atoms with van der Waals surface area (Å²) in [5.41, 5.74) is -2.05. The Bertz CT molecular complexity index is 574. The van der Waals surface area contributed by atoms with Crippen LogP contribution in [-0.2, 0) is 19.7 Å². The molecule has 3 unspecified atom stereocenters. The molecule has 0 heterocycles. The molecule has 0 bridgehead atoms. The van der Waals surface area contributed by atoms with E-state index < -0.39 is 32.7 Å². The molecule has 168 valence electrons. The molecule has 0 aromatic heterocycles. The van der Waals surface area contributed by atoms with Gasteiger partial charge in [-0.05, 0) is 24.7 Å². The SMILES string of the molecule is CCCCC(CC)CC(CC(CC)CCCC)(C(=O)O)C(C(=O)O)S(=O)(=O)O.[KH]. The molecule has 0 aromatic carbocycles. The van der Waals surface area contributed by atoms with E-state index >= 15 is 0 Å². The maximum absolute atomic E-state index is 12.4. The second kappa shape index (κ2) is 15.3. The van der Waals surface area contributed by atoms with E-state index in [0.717, 1.165) is 25.7 Å². The fourth-order valence-electron chi connectivity index (χ4n) is 4.15. The second-order valence-corrected chi connectivity index (χ2v) is 9.44. The normalized spacial score (nSPS) is 16.9. The molecule has 0 spiro atoms. The third-order valence-electron chi connectivity index (χ3n) is 5.84. The molecular weight excluding hydrogens is 423 g/mol. The third-order valence-corrected chi connectivity index (χ3v) is 7.09. The van der Waals surface area contributed by atoms with E-state index in [-0.39, 0.29) is 76.1 Å². The first-order chi connectivity index (χ1) is 13.0. The Morgan fingerprint density at radius 3 is 1.45 bits per heavy atom. The van der Waals surface area contributed by atoms with Gasteiger partial charge in [0.2, 0.25) is 0 Å². The van der Waals surface area contributed by atoms with E-state index in [9.17, 15) is 32.8 Å². The molecule has 0 radical (unpaired) electrons. The van der Waals surface area contributed by atoms with E-state index in [1.807, 2.05) is 27.7 Å². The van der Waals surface area contributed by atoms with Gasteiger partial charge in [0.05, 0.1) is 5.41 Å². The number of hydrogen-bond acceptors (Lipinski definition) is 4. The monoisotopic (exact) mass is 462 g/mol. The van der Waals surface area contributed by atoms with Gasteiger partial charge in [-0.15, -0.1) is 0 Å². The fourth-order valence-corrected chi connectivity index (χ4v) is 5.27. The zero-order valence-electron chi connectivity index (χ0n) is 17.7. The van der Waals surface area contributed by atoms with Gasteiger partial charge in [0.25, 0.3) is 10.1 Å². The van der Waals surface area contributed by atoms with Crippen molar-refractivity contribution < 1.29 is 32.8 Å². The van der Waals surface area contributed by atoms with Crippen LogP contribution in [-0.4, -0.2) is 91.8 Å². The van der Waals surface area contributed by atoms with Crippen LogP contribution in [0.1, 0.15) is 91.9 Å². The fraction of sp³-hybridized carbons (Fsp3) is 0.900. The van der Waals surface area contributed by atoms with Gasteiger partial charge >= 0.3 is 63.3 Å². The van der Waals surface area contributed by atoms with Crippen molar-refractivity contribution in [3.63, 3.8) is 0 Å². The van der Waals surface area contributed by atoms with Crippen molar-refractivity contribution in [2.45, 2.75) is 97.2 Å². The second-order valence-electron chi connectivity index (χ2n) is 7.94. The molecule has 29 heavy (non-hydrogen) atoms. The molecule has 0 saturated heterocycles. The minimum atomic E-state index is -5.10. The molecule has 0 rings (SSSR count). The maximum atomic E-state index is 12.4. The summed E-state index contributed by atoms with van der Waals surface area (Å²) in [6, 6.07) is 0. The summed E-state index contributed by atoms with van der Waals surface area (Å²) >= 11 is 0. The van der Waals surface area contributed by atoms with Gasteiger partial charge in [-0.2, -0.15) is 8.42 Å². The molecule has 0 fully saturated rings. The van der Waals surface area contributed by atoms with Crippen LogP contribution in [0.3, 0.4) is 0 Å². The Labute approximate surface area is 218 Å². The van der Waals surface area contributed by atoms with Gasteiger partial charge in [-0.25, -0.2) is 0 Å². The molecule has 3 atom stereocenters. The van der Waals surface area contributed by atoms with Gasteiger partial charge in [0, 0.05) is 0 Å². The van der Waals surface area contributed by atoms with Gasteiger partial charge in [0.1, 0.15) is 0 Å². The summed E-state index contributed by atoms with van der Waals surface area (Å²) in [7, 11) is -5.10. The average molecular weight is 463 g/mol. The number of hydrogen-bond donors (Lipinski definition) is 3. The van der Waals surface area contributed by atoms with Gasteiger partial charge < -0.3 is 10.2 Å². The summed E-state index contributed by atoms with van der Waals surface area (Å²) in [6.07, 6.45) is 6.02. The number of rotatable bonds is 16. The molecule has 0 aromatic rings. The Balaban J connectivity index is 0. The number of carboxylic acids is 2. The number of aliphatic carboxylic acids is 2. The Kier molecular flexibility index (Phi) is 16.7. The van der Waals surface area contributed by atoms with Crippen LogP contribution in [0, 0.1) is 17.3 Å². The standard InChI is InChI=1S/C20H38O7S.K.H/c1-5-9-11-15(7-3)13-20(19(23)24,14-16(8-4)12-10-6-2)17(18(21)22)28(25,26)27;;/h15-17H,5-14H2,1-4H3,(H,21,22)(H,23,24)(H,25,26,27);;. The summed E-state index contributed by atoms with van der Waals surface area (Å²) in [5, 5.41) is 17.3. The molecule has 3 N–H and O–H groups in total. The first-order valence-electron chi connectivity index (χ1n) is 10.4. The molecule has 0 amide bonds. The van der Waals surface area contributed by atoms with Crippen molar-refractivity contribution in [1.29, 1.82) is 0 Å². The zero-order chi connectivity index (χ0) is 22.0. The van der Waals surface area contributed by atoms with Gasteiger partial charge in [-0.3, -0.25) is 14.1 Å². The molecule has 0 aliphatic carbocycles. The molecule has 9 heteroatoms. The van der Waals surface area contributed by atoms with Crippen LogP contribution in [0.15, 0.2) is 0 Å². The zero-order valence-corrected chi connectivity index (χ0v) is 18.5. The number of carboxylic acid groups (broad SMARTS) is 2.